The SMILES string of the molecule is COc1ccc(-n2nncc2-c2cc(OC)c(OC)c(OC)c2OC)cc1OC. The van der Waals surface area contributed by atoms with Crippen LogP contribution in [-0.4, -0.2) is 57.7 Å². The van der Waals surface area contributed by atoms with Gasteiger partial charge in [0.05, 0.1) is 65.8 Å². The Hall–Kier alpha value is -3.62. The van der Waals surface area contributed by atoms with Crippen LogP contribution < -0.4 is 28.4 Å². The molecule has 3 aromatic rings. The number of ether oxygens (including phenoxy) is 6. The van der Waals surface area contributed by atoms with Crippen LogP contribution in [0.4, 0.5) is 0 Å². The average Bonchev–Trinajstić information content (AvgIpc) is 3.26. The van der Waals surface area contributed by atoms with Crippen molar-refractivity contribution in [3.05, 3.63) is 30.5 Å². The van der Waals surface area contributed by atoms with E-state index in [2.05, 4.69) is 10.3 Å². The molecule has 0 aliphatic carbocycles. The highest BCUT2D eigenvalue weighted by Crippen LogP contribution is 2.50. The van der Waals surface area contributed by atoms with E-state index in [9.17, 15) is 0 Å². The molecular formula is C20H23N3O6. The third kappa shape index (κ3) is 3.46. The lowest BCUT2D eigenvalue weighted by molar-refractivity contribution is 0.306. The Balaban J connectivity index is 2.23. The summed E-state index contributed by atoms with van der Waals surface area (Å²) in [4.78, 5) is 0. The minimum Gasteiger partial charge on any atom is -0.493 e. The standard InChI is InChI=1S/C20H23N3O6/c1-24-15-8-7-12(9-16(15)25-2)23-14(11-21-22-23)13-10-17(26-3)19(28-5)20(29-6)18(13)27-4/h7-11H,1-6H3. The van der Waals surface area contributed by atoms with E-state index in [-0.39, 0.29) is 0 Å². The molecule has 0 atom stereocenters. The highest BCUT2D eigenvalue weighted by atomic mass is 16.5. The fourth-order valence-corrected chi connectivity index (χ4v) is 3.09. The van der Waals surface area contributed by atoms with Gasteiger partial charge in [-0.15, -0.1) is 5.10 Å². The van der Waals surface area contributed by atoms with Crippen LogP contribution in [0, 0.1) is 0 Å². The molecular weight excluding hydrogens is 378 g/mol. The second kappa shape index (κ2) is 8.59. The predicted octanol–water partition coefficient (Wildman–Crippen LogP) is 2.99. The van der Waals surface area contributed by atoms with E-state index in [0.717, 1.165) is 5.69 Å². The molecule has 0 N–H and O–H groups in total. The molecule has 9 nitrogen and oxygen atoms in total. The second-order valence-corrected chi connectivity index (χ2v) is 5.80. The first kappa shape index (κ1) is 20.1. The minimum absolute atomic E-state index is 0.407. The summed E-state index contributed by atoms with van der Waals surface area (Å²) in [5.74, 6) is 2.98. The summed E-state index contributed by atoms with van der Waals surface area (Å²) in [6.45, 7) is 0. The number of nitrogens with zero attached hydrogens (tertiary/aromatic N) is 3. The molecule has 154 valence electrons. The number of methoxy groups -OCH3 is 6. The van der Waals surface area contributed by atoms with Gasteiger partial charge in [-0.05, 0) is 18.2 Å². The van der Waals surface area contributed by atoms with Crippen molar-refractivity contribution in [2.24, 2.45) is 0 Å². The molecule has 0 aliphatic rings. The zero-order valence-corrected chi connectivity index (χ0v) is 17.2. The quantitative estimate of drug-likeness (QED) is 0.569. The van der Waals surface area contributed by atoms with Gasteiger partial charge in [-0.2, -0.15) is 0 Å². The topological polar surface area (TPSA) is 86.1 Å². The molecule has 0 amide bonds. The zero-order chi connectivity index (χ0) is 21.0. The highest BCUT2D eigenvalue weighted by Gasteiger charge is 2.25. The van der Waals surface area contributed by atoms with Gasteiger partial charge < -0.3 is 28.4 Å². The fourth-order valence-electron chi connectivity index (χ4n) is 3.09. The van der Waals surface area contributed by atoms with Gasteiger partial charge in [0, 0.05) is 6.07 Å². The summed E-state index contributed by atoms with van der Waals surface area (Å²) >= 11 is 0. The molecule has 0 saturated heterocycles. The average molecular weight is 401 g/mol. The van der Waals surface area contributed by atoms with E-state index in [4.69, 9.17) is 28.4 Å². The lowest BCUT2D eigenvalue weighted by Crippen LogP contribution is -2.04. The van der Waals surface area contributed by atoms with E-state index >= 15 is 0 Å². The van der Waals surface area contributed by atoms with E-state index < -0.39 is 0 Å². The van der Waals surface area contributed by atoms with Crippen molar-refractivity contribution < 1.29 is 28.4 Å². The van der Waals surface area contributed by atoms with Crippen LogP contribution in [0.2, 0.25) is 0 Å². The minimum atomic E-state index is 0.407. The van der Waals surface area contributed by atoms with Crippen molar-refractivity contribution in [3.63, 3.8) is 0 Å². The number of aromatic nitrogens is 3. The molecule has 0 unspecified atom stereocenters. The number of benzene rings is 2. The molecule has 29 heavy (non-hydrogen) atoms. The van der Waals surface area contributed by atoms with Crippen LogP contribution in [-0.2, 0) is 0 Å². The molecule has 1 aromatic heterocycles. The summed E-state index contributed by atoms with van der Waals surface area (Å²) in [5, 5.41) is 8.30. The maximum absolute atomic E-state index is 5.63. The van der Waals surface area contributed by atoms with Crippen molar-refractivity contribution in [3.8, 4) is 51.4 Å². The summed E-state index contributed by atoms with van der Waals surface area (Å²) in [7, 11) is 9.34. The second-order valence-electron chi connectivity index (χ2n) is 5.80. The molecule has 0 aliphatic heterocycles. The first-order valence-corrected chi connectivity index (χ1v) is 8.63. The Kier molecular flexibility index (Phi) is 5.96. The molecule has 0 spiro atoms. The number of hydrogen-bond donors (Lipinski definition) is 0. The maximum atomic E-state index is 5.63. The molecule has 0 saturated carbocycles. The molecule has 0 fully saturated rings. The highest BCUT2D eigenvalue weighted by molar-refractivity contribution is 5.78. The Labute approximate surface area is 168 Å². The molecule has 0 radical (unpaired) electrons. The fraction of sp³-hybridized carbons (Fsp3) is 0.300. The number of hydrogen-bond acceptors (Lipinski definition) is 8. The van der Waals surface area contributed by atoms with Gasteiger partial charge in [-0.25, -0.2) is 4.68 Å². The molecule has 9 heteroatoms. The molecule has 3 rings (SSSR count). The third-order valence-corrected chi connectivity index (χ3v) is 4.43. The van der Waals surface area contributed by atoms with Gasteiger partial charge in [0.2, 0.25) is 11.5 Å². The van der Waals surface area contributed by atoms with Crippen LogP contribution in [0.1, 0.15) is 0 Å². The predicted molar refractivity (Wildman–Crippen MR) is 106 cm³/mol. The van der Waals surface area contributed by atoms with Crippen molar-refractivity contribution in [1.29, 1.82) is 0 Å². The summed E-state index contributed by atoms with van der Waals surface area (Å²) in [5.41, 5.74) is 2.06. The van der Waals surface area contributed by atoms with E-state index in [1.54, 1.807) is 51.5 Å². The smallest absolute Gasteiger partial charge is 0.207 e. The lowest BCUT2D eigenvalue weighted by Gasteiger charge is -2.19. The zero-order valence-electron chi connectivity index (χ0n) is 17.2. The van der Waals surface area contributed by atoms with Crippen LogP contribution in [0.25, 0.3) is 16.9 Å². The van der Waals surface area contributed by atoms with Gasteiger partial charge in [0.15, 0.2) is 23.0 Å². The first-order chi connectivity index (χ1) is 14.1. The normalized spacial score (nSPS) is 10.4. The van der Waals surface area contributed by atoms with Crippen LogP contribution in [0.3, 0.4) is 0 Å². The van der Waals surface area contributed by atoms with Crippen LogP contribution in [0.15, 0.2) is 30.5 Å². The van der Waals surface area contributed by atoms with Gasteiger partial charge in [-0.1, -0.05) is 5.21 Å². The van der Waals surface area contributed by atoms with Crippen molar-refractivity contribution in [1.82, 2.24) is 15.0 Å². The van der Waals surface area contributed by atoms with Crippen molar-refractivity contribution in [2.45, 2.75) is 0 Å². The van der Waals surface area contributed by atoms with Crippen LogP contribution in [0.5, 0.6) is 34.5 Å². The Bertz CT molecular complexity index is 1000. The first-order valence-electron chi connectivity index (χ1n) is 8.63. The van der Waals surface area contributed by atoms with Crippen molar-refractivity contribution >= 4 is 0 Å². The lowest BCUT2D eigenvalue weighted by atomic mass is 10.1. The van der Waals surface area contributed by atoms with E-state index in [1.165, 1.54) is 14.2 Å². The Morgan fingerprint density at radius 1 is 0.655 bits per heavy atom. The van der Waals surface area contributed by atoms with E-state index in [1.807, 2.05) is 12.1 Å². The van der Waals surface area contributed by atoms with Gasteiger partial charge in [0.1, 0.15) is 0 Å². The Morgan fingerprint density at radius 3 is 1.90 bits per heavy atom. The molecule has 1 heterocycles. The maximum Gasteiger partial charge on any atom is 0.207 e. The largest absolute Gasteiger partial charge is 0.493 e. The monoisotopic (exact) mass is 401 g/mol. The molecule has 2 aromatic carbocycles. The summed E-state index contributed by atoms with van der Waals surface area (Å²) in [6.07, 6.45) is 1.62. The van der Waals surface area contributed by atoms with E-state index in [0.29, 0.717) is 45.8 Å². The third-order valence-electron chi connectivity index (χ3n) is 4.43. The van der Waals surface area contributed by atoms with Gasteiger partial charge in [-0.3, -0.25) is 0 Å². The van der Waals surface area contributed by atoms with Crippen LogP contribution >= 0.6 is 0 Å². The van der Waals surface area contributed by atoms with Gasteiger partial charge >= 0.3 is 0 Å². The Morgan fingerprint density at radius 2 is 1.31 bits per heavy atom. The summed E-state index contributed by atoms with van der Waals surface area (Å²) in [6, 6.07) is 7.24. The summed E-state index contributed by atoms with van der Waals surface area (Å²) < 4.78 is 34.5. The number of rotatable bonds is 8. The van der Waals surface area contributed by atoms with Crippen molar-refractivity contribution in [2.75, 3.05) is 42.7 Å². The van der Waals surface area contributed by atoms with Gasteiger partial charge in [0.25, 0.3) is 0 Å². The molecule has 0 bridgehead atoms.